The van der Waals surface area contributed by atoms with Crippen LogP contribution in [0.4, 0.5) is 0 Å². The Bertz CT molecular complexity index is 303. The lowest BCUT2D eigenvalue weighted by atomic mass is 9.89. The topological polar surface area (TPSA) is 50.4 Å². The molecule has 2 unspecified atom stereocenters. The summed E-state index contributed by atoms with van der Waals surface area (Å²) in [5, 5.41) is 6.32. The van der Waals surface area contributed by atoms with E-state index in [0.29, 0.717) is 12.6 Å². The molecule has 18 heavy (non-hydrogen) atoms. The summed E-state index contributed by atoms with van der Waals surface area (Å²) in [6, 6.07) is 0.420. The van der Waals surface area contributed by atoms with Crippen LogP contribution in [0.2, 0.25) is 0 Å². The van der Waals surface area contributed by atoms with Crippen LogP contribution in [-0.4, -0.2) is 37.7 Å². The highest BCUT2D eigenvalue weighted by Gasteiger charge is 2.46. The van der Waals surface area contributed by atoms with Crippen molar-refractivity contribution in [1.82, 2.24) is 10.6 Å². The molecule has 0 radical (unpaired) electrons. The minimum Gasteiger partial charge on any atom is -0.373 e. The average Bonchev–Trinajstić information content (AvgIpc) is 2.97. The molecule has 104 valence electrons. The van der Waals surface area contributed by atoms with E-state index in [1.807, 2.05) is 13.8 Å². The lowest BCUT2D eigenvalue weighted by Crippen LogP contribution is -2.51. The maximum atomic E-state index is 11.8. The molecule has 0 aromatic rings. The Hall–Kier alpha value is -0.610. The number of ether oxygens (including phenoxy) is 1. The van der Waals surface area contributed by atoms with Gasteiger partial charge in [-0.25, -0.2) is 0 Å². The van der Waals surface area contributed by atoms with E-state index in [1.54, 1.807) is 7.05 Å². The first-order valence-corrected chi connectivity index (χ1v) is 7.10. The first-order valence-electron chi connectivity index (χ1n) is 7.10. The molecule has 0 bridgehead atoms. The van der Waals surface area contributed by atoms with Gasteiger partial charge in [0, 0.05) is 26.2 Å². The second kappa shape index (κ2) is 5.17. The second-order valence-corrected chi connectivity index (χ2v) is 6.31. The summed E-state index contributed by atoms with van der Waals surface area (Å²) < 4.78 is 6.00. The Morgan fingerprint density at radius 2 is 2.11 bits per heavy atom. The van der Waals surface area contributed by atoms with Crippen molar-refractivity contribution < 1.29 is 9.53 Å². The highest BCUT2D eigenvalue weighted by atomic mass is 16.5. The molecule has 1 amide bonds. The number of hydrogen-bond donors (Lipinski definition) is 2. The molecular formula is C14H26N2O2. The summed E-state index contributed by atoms with van der Waals surface area (Å²) >= 11 is 0. The van der Waals surface area contributed by atoms with Gasteiger partial charge < -0.3 is 15.4 Å². The maximum absolute atomic E-state index is 11.8. The lowest BCUT2D eigenvalue weighted by molar-refractivity contribution is -0.128. The molecule has 2 rings (SSSR count). The Labute approximate surface area is 110 Å². The predicted octanol–water partition coefficient (Wildman–Crippen LogP) is 1.45. The van der Waals surface area contributed by atoms with Crippen LogP contribution in [0.15, 0.2) is 0 Å². The van der Waals surface area contributed by atoms with Crippen LogP contribution < -0.4 is 10.6 Å². The summed E-state index contributed by atoms with van der Waals surface area (Å²) in [4.78, 5) is 11.8. The van der Waals surface area contributed by atoms with Crippen molar-refractivity contribution in [3.63, 3.8) is 0 Å². The summed E-state index contributed by atoms with van der Waals surface area (Å²) in [6.45, 7) is 5.57. The molecule has 4 nitrogen and oxygen atoms in total. The third-order valence-electron chi connectivity index (χ3n) is 4.49. The summed E-state index contributed by atoms with van der Waals surface area (Å²) in [5.41, 5.74) is -0.296. The molecule has 1 saturated heterocycles. The van der Waals surface area contributed by atoms with Crippen LogP contribution in [0.1, 0.15) is 46.0 Å². The third-order valence-corrected chi connectivity index (χ3v) is 4.49. The Morgan fingerprint density at radius 3 is 2.72 bits per heavy atom. The number of hydrogen-bond acceptors (Lipinski definition) is 3. The molecule has 1 aliphatic heterocycles. The van der Waals surface area contributed by atoms with Crippen molar-refractivity contribution in [2.24, 2.45) is 5.41 Å². The monoisotopic (exact) mass is 254 g/mol. The van der Waals surface area contributed by atoms with Gasteiger partial charge in [0.25, 0.3) is 0 Å². The highest BCUT2D eigenvalue weighted by Crippen LogP contribution is 2.41. The van der Waals surface area contributed by atoms with Gasteiger partial charge in [-0.1, -0.05) is 0 Å². The van der Waals surface area contributed by atoms with Gasteiger partial charge in [0.2, 0.25) is 5.91 Å². The van der Waals surface area contributed by atoms with E-state index in [-0.39, 0.29) is 16.9 Å². The molecule has 0 aromatic carbocycles. The molecule has 1 spiro atoms. The van der Waals surface area contributed by atoms with Crippen molar-refractivity contribution >= 4 is 5.91 Å². The Kier molecular flexibility index (Phi) is 3.97. The van der Waals surface area contributed by atoms with E-state index >= 15 is 0 Å². The number of rotatable bonds is 4. The van der Waals surface area contributed by atoms with Crippen LogP contribution in [0, 0.1) is 5.41 Å². The zero-order chi connectivity index (χ0) is 13.2. The van der Waals surface area contributed by atoms with Crippen LogP contribution >= 0.6 is 0 Å². The first kappa shape index (κ1) is 13.8. The molecule has 1 heterocycles. The van der Waals surface area contributed by atoms with Crippen molar-refractivity contribution in [1.29, 1.82) is 0 Å². The van der Waals surface area contributed by atoms with Gasteiger partial charge >= 0.3 is 0 Å². The Morgan fingerprint density at radius 1 is 1.39 bits per heavy atom. The quantitative estimate of drug-likeness (QED) is 0.798. The van der Waals surface area contributed by atoms with Gasteiger partial charge in [0.15, 0.2) is 0 Å². The van der Waals surface area contributed by atoms with E-state index in [2.05, 4.69) is 10.6 Å². The van der Waals surface area contributed by atoms with Crippen molar-refractivity contribution in [3.8, 4) is 0 Å². The zero-order valence-corrected chi connectivity index (χ0v) is 11.8. The van der Waals surface area contributed by atoms with Crippen LogP contribution in [0.3, 0.4) is 0 Å². The van der Waals surface area contributed by atoms with Crippen molar-refractivity contribution in [3.05, 3.63) is 0 Å². The number of carbonyl (C=O) groups excluding carboxylic acids is 1. The molecule has 2 fully saturated rings. The molecule has 1 aliphatic carbocycles. The third kappa shape index (κ3) is 2.54. The molecule has 2 aliphatic rings. The smallest absolute Gasteiger partial charge is 0.226 e. The van der Waals surface area contributed by atoms with E-state index < -0.39 is 0 Å². The zero-order valence-electron chi connectivity index (χ0n) is 11.8. The standard InChI is InChI=1S/C14H26N2O2/c1-13(2,12(17)15-3)10-16-11-6-4-7-14(11)8-5-9-18-14/h11,16H,4-10H2,1-3H3,(H,15,17). The molecular weight excluding hydrogens is 228 g/mol. The largest absolute Gasteiger partial charge is 0.373 e. The summed E-state index contributed by atoms with van der Waals surface area (Å²) in [5.74, 6) is 0.0920. The minimum atomic E-state index is -0.364. The molecule has 2 N–H and O–H groups in total. The molecule has 4 heteroatoms. The van der Waals surface area contributed by atoms with E-state index in [0.717, 1.165) is 6.61 Å². The van der Waals surface area contributed by atoms with Crippen LogP contribution in [0.5, 0.6) is 0 Å². The second-order valence-electron chi connectivity index (χ2n) is 6.31. The fourth-order valence-electron chi connectivity index (χ4n) is 3.32. The van der Waals surface area contributed by atoms with Gasteiger partial charge in [-0.2, -0.15) is 0 Å². The summed E-state index contributed by atoms with van der Waals surface area (Å²) in [6.07, 6.45) is 5.93. The fourth-order valence-corrected chi connectivity index (χ4v) is 3.32. The van der Waals surface area contributed by atoms with Gasteiger partial charge in [0.1, 0.15) is 0 Å². The van der Waals surface area contributed by atoms with E-state index in [4.69, 9.17) is 4.74 Å². The minimum absolute atomic E-state index is 0.0682. The molecule has 2 atom stereocenters. The van der Waals surface area contributed by atoms with Crippen molar-refractivity contribution in [2.45, 2.75) is 57.6 Å². The average molecular weight is 254 g/mol. The molecule has 1 saturated carbocycles. The van der Waals surface area contributed by atoms with Crippen LogP contribution in [-0.2, 0) is 9.53 Å². The fraction of sp³-hybridized carbons (Fsp3) is 0.929. The predicted molar refractivity (Wildman–Crippen MR) is 71.4 cm³/mol. The Balaban J connectivity index is 1.92. The highest BCUT2D eigenvalue weighted by molar-refractivity contribution is 5.81. The summed E-state index contributed by atoms with van der Waals surface area (Å²) in [7, 11) is 1.70. The van der Waals surface area contributed by atoms with Gasteiger partial charge in [-0.15, -0.1) is 0 Å². The normalized spacial score (nSPS) is 32.1. The lowest BCUT2D eigenvalue weighted by Gasteiger charge is -2.34. The van der Waals surface area contributed by atoms with Gasteiger partial charge in [-0.3, -0.25) is 4.79 Å². The maximum Gasteiger partial charge on any atom is 0.226 e. The number of nitrogens with one attached hydrogen (secondary N) is 2. The van der Waals surface area contributed by atoms with E-state index in [1.165, 1.54) is 32.1 Å². The van der Waals surface area contributed by atoms with Crippen molar-refractivity contribution in [2.75, 3.05) is 20.2 Å². The van der Waals surface area contributed by atoms with Gasteiger partial charge in [0.05, 0.1) is 11.0 Å². The number of carbonyl (C=O) groups is 1. The van der Waals surface area contributed by atoms with Crippen LogP contribution in [0.25, 0.3) is 0 Å². The van der Waals surface area contributed by atoms with E-state index in [9.17, 15) is 4.79 Å². The SMILES string of the molecule is CNC(=O)C(C)(C)CNC1CCCC12CCCO2. The first-order chi connectivity index (χ1) is 8.50. The number of amides is 1. The van der Waals surface area contributed by atoms with Gasteiger partial charge in [-0.05, 0) is 46.0 Å². The molecule has 0 aromatic heterocycles.